The third-order valence-corrected chi connectivity index (χ3v) is 6.64. The van der Waals surface area contributed by atoms with E-state index in [9.17, 15) is 0 Å². The van der Waals surface area contributed by atoms with Gasteiger partial charge in [0.1, 0.15) is 0 Å². The van der Waals surface area contributed by atoms with Gasteiger partial charge in [-0.3, -0.25) is 0 Å². The molecule has 0 unspecified atom stereocenters. The second kappa shape index (κ2) is 12.6. The molecule has 5 atom stereocenters. The molecule has 0 aromatic rings. The highest BCUT2D eigenvalue weighted by atomic mass is 16.6. The maximum absolute atomic E-state index is 6.29. The molecule has 0 radical (unpaired) electrons. The molecule has 0 amide bonds. The molecule has 4 aliphatic rings. The van der Waals surface area contributed by atoms with Gasteiger partial charge < -0.3 is 28.4 Å². The smallest absolute Gasteiger partial charge is 0.0776 e. The van der Waals surface area contributed by atoms with E-state index in [-0.39, 0.29) is 5.60 Å². The minimum absolute atomic E-state index is 0.101. The fourth-order valence-electron chi connectivity index (χ4n) is 5.20. The van der Waals surface area contributed by atoms with Crippen molar-refractivity contribution in [1.82, 2.24) is 0 Å². The third kappa shape index (κ3) is 6.37. The third-order valence-electron chi connectivity index (χ3n) is 6.64. The van der Waals surface area contributed by atoms with Gasteiger partial charge in [-0.25, -0.2) is 0 Å². The van der Waals surface area contributed by atoms with Crippen LogP contribution in [-0.2, 0) is 28.4 Å². The molecule has 6 heteroatoms. The molecular formula is C23H42O6. The Morgan fingerprint density at radius 1 is 0.690 bits per heavy atom. The van der Waals surface area contributed by atoms with Gasteiger partial charge in [-0.05, 0) is 37.5 Å². The first-order chi connectivity index (χ1) is 14.3. The zero-order valence-corrected chi connectivity index (χ0v) is 18.6. The summed E-state index contributed by atoms with van der Waals surface area (Å²) in [5, 5.41) is 0. The monoisotopic (exact) mass is 414 g/mol. The van der Waals surface area contributed by atoms with E-state index >= 15 is 0 Å². The van der Waals surface area contributed by atoms with Gasteiger partial charge in [0.05, 0.1) is 64.6 Å². The average Bonchev–Trinajstić information content (AvgIpc) is 3.05. The molecular weight excluding hydrogens is 372 g/mol. The van der Waals surface area contributed by atoms with E-state index in [1.165, 1.54) is 25.7 Å². The molecule has 4 aliphatic carbocycles. The summed E-state index contributed by atoms with van der Waals surface area (Å²) in [6.45, 7) is 11.4. The Hall–Kier alpha value is -0.240. The van der Waals surface area contributed by atoms with E-state index in [1.54, 1.807) is 0 Å². The van der Waals surface area contributed by atoms with Crippen molar-refractivity contribution in [3.05, 3.63) is 0 Å². The van der Waals surface area contributed by atoms with Gasteiger partial charge in [0.2, 0.25) is 0 Å². The van der Waals surface area contributed by atoms with Crippen LogP contribution in [0.3, 0.4) is 0 Å². The van der Waals surface area contributed by atoms with Crippen LogP contribution in [0.5, 0.6) is 0 Å². The van der Waals surface area contributed by atoms with Crippen molar-refractivity contribution < 1.29 is 28.4 Å². The number of ether oxygens (including phenoxy) is 6. The highest BCUT2D eigenvalue weighted by Crippen LogP contribution is 2.75. The minimum Gasteiger partial charge on any atom is -0.379 e. The predicted molar refractivity (Wildman–Crippen MR) is 111 cm³/mol. The molecule has 0 heterocycles. The largest absolute Gasteiger partial charge is 0.379 e. The summed E-state index contributed by atoms with van der Waals surface area (Å²) in [4.78, 5) is 0. The summed E-state index contributed by atoms with van der Waals surface area (Å²) < 4.78 is 34.7. The van der Waals surface area contributed by atoms with Crippen LogP contribution >= 0.6 is 0 Å². The lowest BCUT2D eigenvalue weighted by atomic mass is 10.1. The normalized spacial score (nSPS) is 31.7. The second-order valence-electron chi connectivity index (χ2n) is 8.63. The molecule has 0 saturated heterocycles. The Labute approximate surface area is 176 Å². The van der Waals surface area contributed by atoms with Crippen LogP contribution in [-0.4, -0.2) is 77.8 Å². The van der Waals surface area contributed by atoms with Crippen LogP contribution in [0.2, 0.25) is 0 Å². The first-order valence-corrected chi connectivity index (χ1v) is 11.9. The Morgan fingerprint density at radius 2 is 1.24 bits per heavy atom. The quantitative estimate of drug-likeness (QED) is 0.284. The van der Waals surface area contributed by atoms with Gasteiger partial charge in [0.25, 0.3) is 0 Å². The molecule has 0 aliphatic heterocycles. The van der Waals surface area contributed by atoms with E-state index in [0.29, 0.717) is 76.7 Å². The van der Waals surface area contributed by atoms with Crippen LogP contribution < -0.4 is 0 Å². The lowest BCUT2D eigenvalue weighted by Crippen LogP contribution is -2.22. The lowest BCUT2D eigenvalue weighted by Gasteiger charge is -2.16. The molecule has 0 aromatic heterocycles. The van der Waals surface area contributed by atoms with Crippen LogP contribution in [0.15, 0.2) is 0 Å². The summed E-state index contributed by atoms with van der Waals surface area (Å²) in [5.41, 5.74) is 0.101. The van der Waals surface area contributed by atoms with Crippen molar-refractivity contribution in [3.8, 4) is 0 Å². The molecule has 6 nitrogen and oxygen atoms in total. The van der Waals surface area contributed by atoms with Crippen molar-refractivity contribution in [2.45, 2.75) is 64.1 Å². The molecule has 4 saturated carbocycles. The Balaban J connectivity index is 1.17. The molecule has 0 N–H and O–H groups in total. The van der Waals surface area contributed by atoms with E-state index < -0.39 is 0 Å². The molecule has 4 rings (SSSR count). The summed E-state index contributed by atoms with van der Waals surface area (Å²) in [6.07, 6.45) is 7.40. The van der Waals surface area contributed by atoms with Gasteiger partial charge in [0, 0.05) is 19.1 Å². The molecule has 170 valence electrons. The fraction of sp³-hybridized carbons (Fsp3) is 1.00. The Bertz CT molecular complexity index is 447. The average molecular weight is 415 g/mol. The maximum Gasteiger partial charge on any atom is 0.0776 e. The molecule has 4 bridgehead atoms. The minimum atomic E-state index is 0.101. The lowest BCUT2D eigenvalue weighted by molar-refractivity contribution is -0.0384. The van der Waals surface area contributed by atoms with Gasteiger partial charge in [-0.2, -0.15) is 0 Å². The summed E-state index contributed by atoms with van der Waals surface area (Å²) >= 11 is 0. The molecule has 0 aromatic carbocycles. The first kappa shape index (κ1) is 23.4. The van der Waals surface area contributed by atoms with Crippen molar-refractivity contribution in [2.24, 2.45) is 17.8 Å². The highest BCUT2D eigenvalue weighted by molar-refractivity contribution is 5.29. The zero-order valence-electron chi connectivity index (χ0n) is 18.6. The van der Waals surface area contributed by atoms with Gasteiger partial charge in [-0.15, -0.1) is 0 Å². The molecule has 29 heavy (non-hydrogen) atoms. The Kier molecular flexibility index (Phi) is 10.2. The number of unbranched alkanes of at least 4 members (excludes halogenated alkanes) is 2. The summed E-state index contributed by atoms with van der Waals surface area (Å²) in [7, 11) is 0. The topological polar surface area (TPSA) is 55.4 Å². The van der Waals surface area contributed by atoms with Crippen LogP contribution in [0.25, 0.3) is 0 Å². The second-order valence-corrected chi connectivity index (χ2v) is 8.63. The van der Waals surface area contributed by atoms with E-state index in [1.807, 2.05) is 0 Å². The van der Waals surface area contributed by atoms with Crippen LogP contribution in [0.4, 0.5) is 0 Å². The summed E-state index contributed by atoms with van der Waals surface area (Å²) in [6, 6.07) is 0. The van der Waals surface area contributed by atoms with Crippen molar-refractivity contribution in [2.75, 3.05) is 66.1 Å². The van der Waals surface area contributed by atoms with Crippen LogP contribution in [0.1, 0.15) is 52.4 Å². The first-order valence-electron chi connectivity index (χ1n) is 11.9. The molecule has 4 fully saturated rings. The summed E-state index contributed by atoms with van der Waals surface area (Å²) in [5.74, 6) is 1.99. The zero-order chi connectivity index (χ0) is 20.4. The van der Waals surface area contributed by atoms with Gasteiger partial charge >= 0.3 is 0 Å². The SMILES string of the molecule is CCCCOCCOCCO[C@H]1[C@H]2C[C@@H]3[C@@H]1[C@]3(OCCOCCOCCCC)C2. The Morgan fingerprint density at radius 3 is 1.83 bits per heavy atom. The van der Waals surface area contributed by atoms with Crippen molar-refractivity contribution >= 4 is 0 Å². The maximum atomic E-state index is 6.29. The number of hydrogen-bond donors (Lipinski definition) is 0. The van der Waals surface area contributed by atoms with E-state index in [2.05, 4.69) is 13.8 Å². The predicted octanol–water partition coefficient (Wildman–Crippen LogP) is 3.46. The number of hydrogen-bond acceptors (Lipinski definition) is 6. The fourth-order valence-corrected chi connectivity index (χ4v) is 5.20. The van der Waals surface area contributed by atoms with Crippen molar-refractivity contribution in [1.29, 1.82) is 0 Å². The van der Waals surface area contributed by atoms with Gasteiger partial charge in [0.15, 0.2) is 0 Å². The highest BCUT2D eigenvalue weighted by Gasteiger charge is 2.80. The van der Waals surface area contributed by atoms with E-state index in [0.717, 1.165) is 26.1 Å². The van der Waals surface area contributed by atoms with Gasteiger partial charge in [-0.1, -0.05) is 26.7 Å². The molecule has 0 spiro atoms. The number of rotatable bonds is 20. The van der Waals surface area contributed by atoms with E-state index in [4.69, 9.17) is 28.4 Å². The van der Waals surface area contributed by atoms with Crippen molar-refractivity contribution in [3.63, 3.8) is 0 Å². The van der Waals surface area contributed by atoms with Crippen LogP contribution in [0, 0.1) is 17.8 Å². The standard InChI is InChI=1S/C23H42O6/c1-3-5-7-24-9-11-26-13-15-28-22-19-17-20-21(22)23(20,18-19)29-16-14-27-12-10-25-8-6-4-2/h19-22H,3-18H2,1-2H3/t19-,20+,21-,22-,23-/m0/s1.